The van der Waals surface area contributed by atoms with E-state index in [9.17, 15) is 0 Å². The number of hydrogen-bond acceptors (Lipinski definition) is 1. The van der Waals surface area contributed by atoms with Crippen LogP contribution >= 0.6 is 0 Å². The number of nitrogens with two attached hydrogens (primary N) is 1. The van der Waals surface area contributed by atoms with E-state index in [-0.39, 0.29) is 0 Å². The molecular weight excluding hydrogens is 158 g/mol. The molecule has 1 rings (SSSR count). The van der Waals surface area contributed by atoms with Crippen molar-refractivity contribution >= 4 is 6.08 Å². The normalized spacial score (nSPS) is 11.5. The molecule has 0 aromatic heterocycles. The van der Waals surface area contributed by atoms with E-state index in [1.165, 1.54) is 11.1 Å². The van der Waals surface area contributed by atoms with Crippen LogP contribution in [0.15, 0.2) is 42.5 Å². The van der Waals surface area contributed by atoms with Crippen molar-refractivity contribution in [2.24, 2.45) is 5.73 Å². The summed E-state index contributed by atoms with van der Waals surface area (Å²) in [5.41, 5.74) is 7.87. The quantitative estimate of drug-likeness (QED) is 0.699. The van der Waals surface area contributed by atoms with Gasteiger partial charge in [-0.3, -0.25) is 0 Å². The Morgan fingerprint density at radius 2 is 1.85 bits per heavy atom. The summed E-state index contributed by atoms with van der Waals surface area (Å²) in [7, 11) is 0. The molecule has 0 unspecified atom stereocenters. The molecule has 13 heavy (non-hydrogen) atoms. The molecule has 68 valence electrons. The van der Waals surface area contributed by atoms with Gasteiger partial charge in [-0.2, -0.15) is 0 Å². The second-order valence-corrected chi connectivity index (χ2v) is 2.83. The van der Waals surface area contributed by atoms with Gasteiger partial charge in [0.25, 0.3) is 0 Å². The van der Waals surface area contributed by atoms with Crippen LogP contribution in [-0.2, 0) is 6.54 Å². The molecule has 1 aromatic carbocycles. The van der Waals surface area contributed by atoms with Gasteiger partial charge in [-0.05, 0) is 18.1 Å². The van der Waals surface area contributed by atoms with Gasteiger partial charge in [-0.1, -0.05) is 48.6 Å². The van der Waals surface area contributed by atoms with Crippen LogP contribution in [0.25, 0.3) is 6.08 Å². The Hall–Kier alpha value is -1.34. The third kappa shape index (κ3) is 3.26. The summed E-state index contributed by atoms with van der Waals surface area (Å²) in [6, 6.07) is 8.25. The van der Waals surface area contributed by atoms with Crippen LogP contribution in [0.2, 0.25) is 0 Å². The van der Waals surface area contributed by atoms with Gasteiger partial charge in [0.1, 0.15) is 0 Å². The van der Waals surface area contributed by atoms with Crippen molar-refractivity contribution in [3.63, 3.8) is 0 Å². The fourth-order valence-electron chi connectivity index (χ4n) is 1.04. The molecule has 1 heteroatoms. The zero-order valence-corrected chi connectivity index (χ0v) is 7.90. The van der Waals surface area contributed by atoms with E-state index in [1.807, 2.05) is 25.2 Å². The molecule has 0 bridgehead atoms. The summed E-state index contributed by atoms with van der Waals surface area (Å²) in [6.07, 6.45) is 8.11. The molecule has 1 aromatic rings. The molecule has 1 nitrogen and oxygen atoms in total. The summed E-state index contributed by atoms with van der Waals surface area (Å²) in [5, 5.41) is 0. The van der Waals surface area contributed by atoms with Crippen molar-refractivity contribution < 1.29 is 0 Å². The first-order chi connectivity index (χ1) is 6.36. The first-order valence-electron chi connectivity index (χ1n) is 4.45. The minimum atomic E-state index is 0.610. The maximum atomic E-state index is 5.49. The second-order valence-electron chi connectivity index (χ2n) is 2.83. The largest absolute Gasteiger partial charge is 0.326 e. The number of allylic oxidation sites excluding steroid dienone is 3. The Morgan fingerprint density at radius 1 is 1.15 bits per heavy atom. The Morgan fingerprint density at radius 3 is 2.38 bits per heavy atom. The molecule has 2 N–H and O–H groups in total. The maximum Gasteiger partial charge on any atom is 0.0178 e. The lowest BCUT2D eigenvalue weighted by molar-refractivity contribution is 1.07. The highest BCUT2D eigenvalue weighted by atomic mass is 14.5. The highest BCUT2D eigenvalue weighted by Crippen LogP contribution is 2.05. The Kier molecular flexibility index (Phi) is 4.00. The van der Waals surface area contributed by atoms with E-state index in [1.54, 1.807) is 0 Å². The van der Waals surface area contributed by atoms with Gasteiger partial charge in [-0.15, -0.1) is 0 Å². The molecule has 0 aliphatic carbocycles. The minimum absolute atomic E-state index is 0.610. The zero-order valence-electron chi connectivity index (χ0n) is 7.90. The van der Waals surface area contributed by atoms with Crippen molar-refractivity contribution in [3.05, 3.63) is 53.6 Å². The van der Waals surface area contributed by atoms with Crippen LogP contribution in [0.4, 0.5) is 0 Å². The molecule has 0 saturated heterocycles. The first-order valence-corrected chi connectivity index (χ1v) is 4.45. The van der Waals surface area contributed by atoms with Crippen LogP contribution in [0.1, 0.15) is 18.1 Å². The fourth-order valence-corrected chi connectivity index (χ4v) is 1.04. The molecule has 0 spiro atoms. The van der Waals surface area contributed by atoms with E-state index in [0.29, 0.717) is 6.54 Å². The molecule has 0 saturated carbocycles. The molecule has 0 amide bonds. The van der Waals surface area contributed by atoms with Crippen LogP contribution in [0.5, 0.6) is 0 Å². The second kappa shape index (κ2) is 5.33. The topological polar surface area (TPSA) is 26.0 Å². The molecule has 0 aliphatic heterocycles. The summed E-state index contributed by atoms with van der Waals surface area (Å²) in [4.78, 5) is 0. The number of benzene rings is 1. The van der Waals surface area contributed by atoms with Gasteiger partial charge in [0.2, 0.25) is 0 Å². The van der Waals surface area contributed by atoms with Gasteiger partial charge >= 0.3 is 0 Å². The lowest BCUT2D eigenvalue weighted by Crippen LogP contribution is -1.94. The molecule has 0 atom stereocenters. The molecule has 0 heterocycles. The first kappa shape index (κ1) is 9.75. The third-order valence-electron chi connectivity index (χ3n) is 1.81. The van der Waals surface area contributed by atoms with Gasteiger partial charge in [-0.25, -0.2) is 0 Å². The van der Waals surface area contributed by atoms with E-state index >= 15 is 0 Å². The van der Waals surface area contributed by atoms with Crippen molar-refractivity contribution in [1.29, 1.82) is 0 Å². The lowest BCUT2D eigenvalue weighted by Gasteiger charge is -1.96. The Balaban J connectivity index is 2.69. The predicted molar refractivity (Wildman–Crippen MR) is 58.2 cm³/mol. The van der Waals surface area contributed by atoms with Crippen molar-refractivity contribution in [3.8, 4) is 0 Å². The minimum Gasteiger partial charge on any atom is -0.326 e. The summed E-state index contributed by atoms with van der Waals surface area (Å²) < 4.78 is 0. The van der Waals surface area contributed by atoms with E-state index in [0.717, 1.165) is 0 Å². The van der Waals surface area contributed by atoms with Crippen LogP contribution in [0, 0.1) is 0 Å². The van der Waals surface area contributed by atoms with Gasteiger partial charge in [0.05, 0.1) is 0 Å². The maximum absolute atomic E-state index is 5.49. The monoisotopic (exact) mass is 173 g/mol. The molecule has 0 fully saturated rings. The average Bonchev–Trinajstić information content (AvgIpc) is 2.19. The van der Waals surface area contributed by atoms with Crippen molar-refractivity contribution in [2.45, 2.75) is 13.5 Å². The standard InChI is InChI=1S/C12H15N/c1-2-3-4-5-11-6-8-12(10-13)9-7-11/h2-9H,10,13H2,1H3/b3-2-,5-4-. The van der Waals surface area contributed by atoms with Gasteiger partial charge < -0.3 is 5.73 Å². The fraction of sp³-hybridized carbons (Fsp3) is 0.167. The molecule has 0 aliphatic rings. The highest BCUT2D eigenvalue weighted by Gasteiger charge is 1.87. The smallest absolute Gasteiger partial charge is 0.0178 e. The van der Waals surface area contributed by atoms with Crippen LogP contribution < -0.4 is 5.73 Å². The van der Waals surface area contributed by atoms with E-state index < -0.39 is 0 Å². The van der Waals surface area contributed by atoms with E-state index in [2.05, 4.69) is 30.3 Å². The Bertz CT molecular complexity index is 293. The lowest BCUT2D eigenvalue weighted by atomic mass is 10.1. The predicted octanol–water partition coefficient (Wildman–Crippen LogP) is 2.73. The van der Waals surface area contributed by atoms with Crippen LogP contribution in [-0.4, -0.2) is 0 Å². The van der Waals surface area contributed by atoms with Crippen molar-refractivity contribution in [2.75, 3.05) is 0 Å². The summed E-state index contributed by atoms with van der Waals surface area (Å²) in [6.45, 7) is 2.61. The summed E-state index contributed by atoms with van der Waals surface area (Å²) in [5.74, 6) is 0. The average molecular weight is 173 g/mol. The Labute approximate surface area is 79.6 Å². The van der Waals surface area contributed by atoms with Crippen molar-refractivity contribution in [1.82, 2.24) is 0 Å². The van der Waals surface area contributed by atoms with Gasteiger partial charge in [0.15, 0.2) is 0 Å². The third-order valence-corrected chi connectivity index (χ3v) is 1.81. The highest BCUT2D eigenvalue weighted by molar-refractivity contribution is 5.51. The summed E-state index contributed by atoms with van der Waals surface area (Å²) >= 11 is 0. The van der Waals surface area contributed by atoms with E-state index in [4.69, 9.17) is 5.73 Å². The molecule has 0 radical (unpaired) electrons. The zero-order chi connectivity index (χ0) is 9.52. The SMILES string of the molecule is C/C=C\C=C/c1ccc(CN)cc1. The van der Waals surface area contributed by atoms with Crippen LogP contribution in [0.3, 0.4) is 0 Å². The number of rotatable bonds is 3. The van der Waals surface area contributed by atoms with Gasteiger partial charge in [0, 0.05) is 6.54 Å². The molecular formula is C12H15N. The number of hydrogen-bond donors (Lipinski definition) is 1.